The molecule has 1 aliphatic carbocycles. The Labute approximate surface area is 73.8 Å². The molecule has 0 aromatic rings. The molecule has 12 heavy (non-hydrogen) atoms. The van der Waals surface area contributed by atoms with E-state index < -0.39 is 0 Å². The van der Waals surface area contributed by atoms with Crippen LogP contribution in [0.15, 0.2) is 0 Å². The maximum atomic E-state index is 8.66. The smallest absolute Gasteiger partial charge is 0.0558 e. The zero-order chi connectivity index (χ0) is 8.39. The molecule has 1 saturated heterocycles. The number of aliphatic hydroxyl groups excluding tert-OH is 1. The van der Waals surface area contributed by atoms with E-state index in [2.05, 4.69) is 10.2 Å². The third-order valence-electron chi connectivity index (χ3n) is 2.72. The Morgan fingerprint density at radius 2 is 2.08 bits per heavy atom. The number of hydrogen-bond donors (Lipinski definition) is 2. The minimum Gasteiger partial charge on any atom is -0.395 e. The standard InChI is InChI=1S/C9H18N2O/c12-4-3-11-6-8(7-11)5-10-9-1-2-9/h8-10,12H,1-7H2. The van der Waals surface area contributed by atoms with Gasteiger partial charge in [-0.2, -0.15) is 0 Å². The minimum atomic E-state index is 0.308. The zero-order valence-electron chi connectivity index (χ0n) is 7.50. The molecule has 3 heteroatoms. The van der Waals surface area contributed by atoms with Gasteiger partial charge < -0.3 is 15.3 Å². The van der Waals surface area contributed by atoms with Gasteiger partial charge in [0.25, 0.3) is 0 Å². The highest BCUT2D eigenvalue weighted by Crippen LogP contribution is 2.20. The molecule has 0 spiro atoms. The van der Waals surface area contributed by atoms with Crippen molar-refractivity contribution in [2.45, 2.75) is 18.9 Å². The summed E-state index contributed by atoms with van der Waals surface area (Å²) in [7, 11) is 0. The van der Waals surface area contributed by atoms with Crippen LogP contribution in [0.5, 0.6) is 0 Å². The van der Waals surface area contributed by atoms with Gasteiger partial charge >= 0.3 is 0 Å². The lowest BCUT2D eigenvalue weighted by atomic mass is 10.0. The van der Waals surface area contributed by atoms with E-state index in [0.29, 0.717) is 6.61 Å². The van der Waals surface area contributed by atoms with Gasteiger partial charge in [0.1, 0.15) is 0 Å². The summed E-state index contributed by atoms with van der Waals surface area (Å²) >= 11 is 0. The maximum absolute atomic E-state index is 8.66. The number of nitrogens with zero attached hydrogens (tertiary/aromatic N) is 1. The van der Waals surface area contributed by atoms with Gasteiger partial charge in [0.2, 0.25) is 0 Å². The normalized spacial score (nSPS) is 25.8. The second-order valence-corrected chi connectivity index (χ2v) is 4.03. The van der Waals surface area contributed by atoms with Crippen LogP contribution in [0.25, 0.3) is 0 Å². The fraction of sp³-hybridized carbons (Fsp3) is 1.00. The first-order chi connectivity index (χ1) is 5.88. The van der Waals surface area contributed by atoms with E-state index >= 15 is 0 Å². The SMILES string of the molecule is OCCN1CC(CNC2CC2)C1. The lowest BCUT2D eigenvalue weighted by Gasteiger charge is -2.39. The first-order valence-electron chi connectivity index (χ1n) is 4.95. The quantitative estimate of drug-likeness (QED) is 0.592. The summed E-state index contributed by atoms with van der Waals surface area (Å²) in [6.45, 7) is 4.72. The lowest BCUT2D eigenvalue weighted by Crippen LogP contribution is -2.51. The molecule has 2 fully saturated rings. The molecule has 70 valence electrons. The van der Waals surface area contributed by atoms with Crippen LogP contribution < -0.4 is 5.32 Å². The van der Waals surface area contributed by atoms with Gasteiger partial charge in [-0.3, -0.25) is 0 Å². The van der Waals surface area contributed by atoms with E-state index in [4.69, 9.17) is 5.11 Å². The molecular weight excluding hydrogens is 152 g/mol. The third-order valence-corrected chi connectivity index (χ3v) is 2.72. The van der Waals surface area contributed by atoms with E-state index in [1.165, 1.54) is 32.5 Å². The zero-order valence-corrected chi connectivity index (χ0v) is 7.50. The molecule has 0 atom stereocenters. The van der Waals surface area contributed by atoms with Gasteiger partial charge in [0, 0.05) is 32.2 Å². The lowest BCUT2D eigenvalue weighted by molar-refractivity contribution is 0.0776. The largest absolute Gasteiger partial charge is 0.395 e. The summed E-state index contributed by atoms with van der Waals surface area (Å²) in [6.07, 6.45) is 2.76. The van der Waals surface area contributed by atoms with E-state index in [1.807, 2.05) is 0 Å². The Morgan fingerprint density at radius 3 is 2.67 bits per heavy atom. The van der Waals surface area contributed by atoms with E-state index in [0.717, 1.165) is 18.5 Å². The average molecular weight is 170 g/mol. The van der Waals surface area contributed by atoms with Gasteiger partial charge in [-0.05, 0) is 18.8 Å². The molecule has 2 aliphatic rings. The maximum Gasteiger partial charge on any atom is 0.0558 e. The number of hydrogen-bond acceptors (Lipinski definition) is 3. The van der Waals surface area contributed by atoms with Crippen molar-refractivity contribution >= 4 is 0 Å². The second-order valence-electron chi connectivity index (χ2n) is 4.03. The molecule has 0 bridgehead atoms. The van der Waals surface area contributed by atoms with Crippen LogP contribution in [0.4, 0.5) is 0 Å². The summed E-state index contributed by atoms with van der Waals surface area (Å²) < 4.78 is 0. The number of likely N-dealkylation sites (tertiary alicyclic amines) is 1. The molecule has 1 heterocycles. The molecule has 0 aromatic carbocycles. The van der Waals surface area contributed by atoms with Crippen molar-refractivity contribution in [1.82, 2.24) is 10.2 Å². The van der Waals surface area contributed by atoms with Crippen molar-refractivity contribution < 1.29 is 5.11 Å². The summed E-state index contributed by atoms with van der Waals surface area (Å²) in [6, 6.07) is 0.844. The number of β-amino-alcohol motifs (C(OH)–C–C–N with tert-alkyl or cyclic N) is 1. The summed E-state index contributed by atoms with van der Waals surface area (Å²) in [4.78, 5) is 2.30. The van der Waals surface area contributed by atoms with Gasteiger partial charge in [-0.1, -0.05) is 0 Å². The van der Waals surface area contributed by atoms with Gasteiger partial charge in [-0.15, -0.1) is 0 Å². The molecule has 1 aliphatic heterocycles. The van der Waals surface area contributed by atoms with Crippen molar-refractivity contribution in [2.24, 2.45) is 5.92 Å². The van der Waals surface area contributed by atoms with Crippen LogP contribution in [0.1, 0.15) is 12.8 Å². The summed E-state index contributed by atoms with van der Waals surface area (Å²) in [5.41, 5.74) is 0. The Hall–Kier alpha value is -0.120. The Balaban J connectivity index is 1.49. The molecule has 0 unspecified atom stereocenters. The molecule has 3 nitrogen and oxygen atoms in total. The minimum absolute atomic E-state index is 0.308. The molecule has 2 rings (SSSR count). The highest BCUT2D eigenvalue weighted by atomic mass is 16.3. The second kappa shape index (κ2) is 3.73. The first-order valence-corrected chi connectivity index (χ1v) is 4.95. The Bertz CT molecular complexity index is 141. The van der Waals surface area contributed by atoms with Crippen molar-refractivity contribution in [3.8, 4) is 0 Å². The molecule has 0 amide bonds. The van der Waals surface area contributed by atoms with Crippen LogP contribution >= 0.6 is 0 Å². The number of nitrogens with one attached hydrogen (secondary N) is 1. The predicted octanol–water partition coefficient (Wildman–Crippen LogP) is -0.337. The van der Waals surface area contributed by atoms with E-state index in [9.17, 15) is 0 Å². The van der Waals surface area contributed by atoms with Crippen molar-refractivity contribution in [2.75, 3.05) is 32.8 Å². The predicted molar refractivity (Wildman–Crippen MR) is 48.0 cm³/mol. The van der Waals surface area contributed by atoms with Crippen LogP contribution in [0.2, 0.25) is 0 Å². The van der Waals surface area contributed by atoms with Crippen LogP contribution in [-0.2, 0) is 0 Å². The Morgan fingerprint density at radius 1 is 1.33 bits per heavy atom. The van der Waals surface area contributed by atoms with Crippen molar-refractivity contribution in [3.63, 3.8) is 0 Å². The van der Waals surface area contributed by atoms with Crippen molar-refractivity contribution in [1.29, 1.82) is 0 Å². The van der Waals surface area contributed by atoms with Gasteiger partial charge in [-0.25, -0.2) is 0 Å². The van der Waals surface area contributed by atoms with Crippen molar-refractivity contribution in [3.05, 3.63) is 0 Å². The monoisotopic (exact) mass is 170 g/mol. The van der Waals surface area contributed by atoms with Gasteiger partial charge in [0.15, 0.2) is 0 Å². The highest BCUT2D eigenvalue weighted by molar-refractivity contribution is 4.86. The number of aliphatic hydroxyl groups is 1. The molecular formula is C9H18N2O. The highest BCUT2D eigenvalue weighted by Gasteiger charge is 2.28. The number of rotatable bonds is 5. The van der Waals surface area contributed by atoms with Crippen LogP contribution in [0, 0.1) is 5.92 Å². The molecule has 2 N–H and O–H groups in total. The van der Waals surface area contributed by atoms with Crippen LogP contribution in [0.3, 0.4) is 0 Å². The van der Waals surface area contributed by atoms with Gasteiger partial charge in [0.05, 0.1) is 6.61 Å². The van der Waals surface area contributed by atoms with E-state index in [-0.39, 0.29) is 0 Å². The van der Waals surface area contributed by atoms with E-state index in [1.54, 1.807) is 0 Å². The third kappa shape index (κ3) is 2.19. The fourth-order valence-corrected chi connectivity index (χ4v) is 1.75. The first kappa shape index (κ1) is 8.48. The summed E-state index contributed by atoms with van der Waals surface area (Å²) in [5.74, 6) is 0.845. The average Bonchev–Trinajstić information content (AvgIpc) is 2.76. The summed E-state index contributed by atoms with van der Waals surface area (Å²) in [5, 5.41) is 12.2. The molecule has 0 aromatic heterocycles. The molecule has 0 radical (unpaired) electrons. The Kier molecular flexibility index (Phi) is 2.63. The fourth-order valence-electron chi connectivity index (χ4n) is 1.75. The van der Waals surface area contributed by atoms with Crippen LogP contribution in [-0.4, -0.2) is 48.8 Å². The molecule has 1 saturated carbocycles. The topological polar surface area (TPSA) is 35.5 Å².